The summed E-state index contributed by atoms with van der Waals surface area (Å²) < 4.78 is 5.07. The van der Waals surface area contributed by atoms with Gasteiger partial charge in [-0.1, -0.05) is 42.5 Å². The standard InChI is InChI=1S/C18H15NO6/c20-10-15(18(23)24-11-12-6-2-1-3-7-12)25-19-16(21)13-8-4-5-9-14(13)17(19)22/h1-9,15,20H,10-11H2/t15-/m1/s1. The maximum absolute atomic E-state index is 12.2. The van der Waals surface area contributed by atoms with Crippen LogP contribution >= 0.6 is 0 Å². The van der Waals surface area contributed by atoms with Crippen molar-refractivity contribution in [1.82, 2.24) is 5.06 Å². The van der Waals surface area contributed by atoms with Gasteiger partial charge in [0.2, 0.25) is 6.10 Å². The molecular weight excluding hydrogens is 326 g/mol. The number of aliphatic hydroxyl groups excluding tert-OH is 1. The van der Waals surface area contributed by atoms with Crippen molar-refractivity contribution in [3.63, 3.8) is 0 Å². The Morgan fingerprint density at radius 3 is 2.08 bits per heavy atom. The van der Waals surface area contributed by atoms with E-state index in [-0.39, 0.29) is 17.7 Å². The summed E-state index contributed by atoms with van der Waals surface area (Å²) in [6, 6.07) is 15.2. The summed E-state index contributed by atoms with van der Waals surface area (Å²) in [6.45, 7) is -0.747. The Balaban J connectivity index is 1.65. The van der Waals surface area contributed by atoms with Crippen LogP contribution in [0.4, 0.5) is 0 Å². The molecule has 2 aromatic rings. The Kier molecular flexibility index (Phi) is 4.87. The molecule has 0 spiro atoms. The van der Waals surface area contributed by atoms with E-state index in [1.54, 1.807) is 36.4 Å². The molecule has 0 saturated heterocycles. The van der Waals surface area contributed by atoms with E-state index in [1.165, 1.54) is 12.1 Å². The molecule has 0 unspecified atom stereocenters. The molecule has 7 nitrogen and oxygen atoms in total. The van der Waals surface area contributed by atoms with Crippen LogP contribution in [0.25, 0.3) is 0 Å². The number of aliphatic hydroxyl groups is 1. The van der Waals surface area contributed by atoms with Crippen LogP contribution < -0.4 is 0 Å². The van der Waals surface area contributed by atoms with E-state index < -0.39 is 30.5 Å². The largest absolute Gasteiger partial charge is 0.459 e. The second-order valence-corrected chi connectivity index (χ2v) is 5.32. The van der Waals surface area contributed by atoms with Gasteiger partial charge in [0.15, 0.2) is 0 Å². The number of hydroxylamine groups is 2. The van der Waals surface area contributed by atoms with Gasteiger partial charge in [-0.2, -0.15) is 0 Å². The van der Waals surface area contributed by atoms with E-state index in [1.807, 2.05) is 6.07 Å². The lowest BCUT2D eigenvalue weighted by Gasteiger charge is -2.19. The smallest absolute Gasteiger partial charge is 0.340 e. The number of esters is 1. The van der Waals surface area contributed by atoms with Gasteiger partial charge in [0.25, 0.3) is 11.8 Å². The maximum Gasteiger partial charge on any atom is 0.340 e. The molecule has 0 fully saturated rings. The first-order valence-corrected chi connectivity index (χ1v) is 7.58. The molecule has 7 heteroatoms. The Hall–Kier alpha value is -3.03. The van der Waals surface area contributed by atoms with Crippen molar-refractivity contribution in [3.8, 4) is 0 Å². The van der Waals surface area contributed by atoms with Gasteiger partial charge >= 0.3 is 5.97 Å². The van der Waals surface area contributed by atoms with Gasteiger partial charge in [0.05, 0.1) is 17.7 Å². The van der Waals surface area contributed by atoms with Crippen LogP contribution in [0.5, 0.6) is 0 Å². The summed E-state index contributed by atoms with van der Waals surface area (Å²) in [6.07, 6.45) is -1.48. The van der Waals surface area contributed by atoms with Crippen molar-refractivity contribution in [2.75, 3.05) is 6.61 Å². The molecule has 25 heavy (non-hydrogen) atoms. The second-order valence-electron chi connectivity index (χ2n) is 5.32. The van der Waals surface area contributed by atoms with Crippen molar-refractivity contribution in [3.05, 3.63) is 71.3 Å². The Morgan fingerprint density at radius 1 is 0.960 bits per heavy atom. The maximum atomic E-state index is 12.2. The molecule has 0 saturated carbocycles. The van der Waals surface area contributed by atoms with Gasteiger partial charge in [0, 0.05) is 0 Å². The number of hydrogen-bond donors (Lipinski definition) is 1. The number of benzene rings is 2. The molecular formula is C18H15NO6. The second kappa shape index (κ2) is 7.25. The van der Waals surface area contributed by atoms with Gasteiger partial charge in [-0.05, 0) is 17.7 Å². The fourth-order valence-electron chi connectivity index (χ4n) is 2.36. The fourth-order valence-corrected chi connectivity index (χ4v) is 2.36. The monoisotopic (exact) mass is 341 g/mol. The molecule has 1 atom stereocenters. The summed E-state index contributed by atoms with van der Waals surface area (Å²) in [4.78, 5) is 41.6. The van der Waals surface area contributed by atoms with Gasteiger partial charge in [-0.15, -0.1) is 5.06 Å². The molecule has 1 heterocycles. The highest BCUT2D eigenvalue weighted by molar-refractivity contribution is 6.20. The van der Waals surface area contributed by atoms with E-state index in [2.05, 4.69) is 0 Å². The number of rotatable bonds is 6. The average Bonchev–Trinajstić information content (AvgIpc) is 2.89. The topological polar surface area (TPSA) is 93.1 Å². The molecule has 1 aliphatic heterocycles. The molecule has 0 radical (unpaired) electrons. The average molecular weight is 341 g/mol. The summed E-state index contributed by atoms with van der Waals surface area (Å²) in [5.74, 6) is -2.24. The van der Waals surface area contributed by atoms with Crippen LogP contribution in [-0.2, 0) is 21.0 Å². The summed E-state index contributed by atoms with van der Waals surface area (Å²) >= 11 is 0. The van der Waals surface area contributed by atoms with Gasteiger partial charge in [0.1, 0.15) is 6.61 Å². The van der Waals surface area contributed by atoms with Crippen LogP contribution in [0.3, 0.4) is 0 Å². The molecule has 2 aromatic carbocycles. The summed E-state index contributed by atoms with van der Waals surface area (Å²) in [5, 5.41) is 9.85. The highest BCUT2D eigenvalue weighted by atomic mass is 16.7. The van der Waals surface area contributed by atoms with E-state index in [0.717, 1.165) is 5.56 Å². The Bertz CT molecular complexity index is 769. The van der Waals surface area contributed by atoms with Crippen molar-refractivity contribution >= 4 is 17.8 Å². The fraction of sp³-hybridized carbons (Fsp3) is 0.167. The number of amides is 2. The summed E-state index contributed by atoms with van der Waals surface area (Å²) in [5.41, 5.74) is 1.12. The van der Waals surface area contributed by atoms with Crippen LogP contribution in [-0.4, -0.2) is 40.7 Å². The molecule has 0 bridgehead atoms. The number of carbonyl (C=O) groups is 3. The van der Waals surface area contributed by atoms with Crippen LogP contribution in [0, 0.1) is 0 Å². The zero-order valence-corrected chi connectivity index (χ0v) is 13.1. The number of nitrogens with zero attached hydrogens (tertiary/aromatic N) is 1. The van der Waals surface area contributed by atoms with E-state index in [4.69, 9.17) is 9.57 Å². The number of carbonyl (C=O) groups excluding carboxylic acids is 3. The third-order valence-electron chi connectivity index (χ3n) is 3.64. The minimum atomic E-state index is -1.48. The number of imide groups is 1. The first-order chi connectivity index (χ1) is 12.1. The lowest BCUT2D eigenvalue weighted by Crippen LogP contribution is -2.40. The number of hydrogen-bond acceptors (Lipinski definition) is 6. The molecule has 2 amide bonds. The zero-order chi connectivity index (χ0) is 17.8. The minimum absolute atomic E-state index is 0.0123. The summed E-state index contributed by atoms with van der Waals surface area (Å²) in [7, 11) is 0. The third kappa shape index (κ3) is 3.42. The molecule has 1 aliphatic rings. The van der Waals surface area contributed by atoms with E-state index in [9.17, 15) is 19.5 Å². The van der Waals surface area contributed by atoms with Gasteiger partial charge in [-0.3, -0.25) is 9.59 Å². The highest BCUT2D eigenvalue weighted by Gasteiger charge is 2.39. The lowest BCUT2D eigenvalue weighted by atomic mass is 10.1. The molecule has 0 aliphatic carbocycles. The lowest BCUT2D eigenvalue weighted by molar-refractivity contribution is -0.186. The highest BCUT2D eigenvalue weighted by Crippen LogP contribution is 2.23. The van der Waals surface area contributed by atoms with E-state index >= 15 is 0 Å². The van der Waals surface area contributed by atoms with Crippen molar-refractivity contribution in [2.45, 2.75) is 12.7 Å². The third-order valence-corrected chi connectivity index (χ3v) is 3.64. The number of ether oxygens (including phenoxy) is 1. The predicted molar refractivity (Wildman–Crippen MR) is 85.1 cm³/mol. The van der Waals surface area contributed by atoms with Crippen molar-refractivity contribution < 1.29 is 29.1 Å². The normalized spacial score (nSPS) is 14.4. The number of fused-ring (bicyclic) bond motifs is 1. The molecule has 0 aromatic heterocycles. The van der Waals surface area contributed by atoms with Crippen LogP contribution in [0.2, 0.25) is 0 Å². The predicted octanol–water partition coefficient (Wildman–Crippen LogP) is 1.32. The van der Waals surface area contributed by atoms with Gasteiger partial charge in [-0.25, -0.2) is 9.63 Å². The zero-order valence-electron chi connectivity index (χ0n) is 13.1. The van der Waals surface area contributed by atoms with E-state index in [0.29, 0.717) is 5.06 Å². The van der Waals surface area contributed by atoms with Crippen molar-refractivity contribution in [1.29, 1.82) is 0 Å². The SMILES string of the molecule is O=C(OCc1ccccc1)[C@@H](CO)ON1C(=O)c2ccccc2C1=O. The first-order valence-electron chi connectivity index (χ1n) is 7.58. The van der Waals surface area contributed by atoms with Crippen LogP contribution in [0.1, 0.15) is 26.3 Å². The minimum Gasteiger partial charge on any atom is -0.459 e. The van der Waals surface area contributed by atoms with Crippen LogP contribution in [0.15, 0.2) is 54.6 Å². The Morgan fingerprint density at radius 2 is 1.52 bits per heavy atom. The molecule has 3 rings (SSSR count). The van der Waals surface area contributed by atoms with Gasteiger partial charge < -0.3 is 9.84 Å². The molecule has 128 valence electrons. The quantitative estimate of drug-likeness (QED) is 0.629. The first kappa shape index (κ1) is 16.8. The molecule has 1 N–H and O–H groups in total. The Labute approximate surface area is 143 Å². The van der Waals surface area contributed by atoms with Crippen molar-refractivity contribution in [2.24, 2.45) is 0 Å².